The smallest absolute Gasteiger partial charge is 0.211 e. The van der Waals surface area contributed by atoms with Crippen LogP contribution >= 0.6 is 15.9 Å². The van der Waals surface area contributed by atoms with Crippen LogP contribution in [0.2, 0.25) is 0 Å². The van der Waals surface area contributed by atoms with E-state index in [1.165, 1.54) is 10.6 Å². The summed E-state index contributed by atoms with van der Waals surface area (Å²) in [4.78, 5) is 0. The molecule has 0 saturated carbocycles. The highest BCUT2D eigenvalue weighted by molar-refractivity contribution is 9.10. The summed E-state index contributed by atoms with van der Waals surface area (Å²) in [6, 6.07) is 5.84. The van der Waals surface area contributed by atoms with Crippen LogP contribution in [0.5, 0.6) is 0 Å². The Morgan fingerprint density at radius 3 is 2.81 bits per heavy atom. The van der Waals surface area contributed by atoms with Crippen molar-refractivity contribution in [3.8, 4) is 0 Å². The Hall–Kier alpha value is -0.430. The first-order valence-corrected chi connectivity index (χ1v) is 9.80. The Morgan fingerprint density at radius 2 is 2.19 bits per heavy atom. The lowest BCUT2D eigenvalue weighted by Gasteiger charge is -2.32. The van der Waals surface area contributed by atoms with E-state index >= 15 is 0 Å². The number of aryl methyl sites for hydroxylation is 1. The fraction of sp³-hybridized carbons (Fsp3) is 0.600. The summed E-state index contributed by atoms with van der Waals surface area (Å²) in [6.07, 6.45) is 3.15. The zero-order valence-corrected chi connectivity index (χ0v) is 14.8. The van der Waals surface area contributed by atoms with Crippen LogP contribution in [0, 0.1) is 12.8 Å². The summed E-state index contributed by atoms with van der Waals surface area (Å²) in [5.74, 6) is 0.215. The highest BCUT2D eigenvalue weighted by Gasteiger charge is 2.27. The molecule has 2 atom stereocenters. The van der Waals surface area contributed by atoms with E-state index in [1.54, 1.807) is 0 Å². The molecule has 0 spiro atoms. The Labute approximate surface area is 135 Å². The predicted molar refractivity (Wildman–Crippen MR) is 87.6 cm³/mol. The molecule has 0 amide bonds. The normalized spacial score (nSPS) is 22.2. The average Bonchev–Trinajstić information content (AvgIpc) is 2.41. The first-order chi connectivity index (χ1) is 9.77. The van der Waals surface area contributed by atoms with Crippen LogP contribution in [0.25, 0.3) is 0 Å². The number of nitrogens with zero attached hydrogens (tertiary/aromatic N) is 1. The Morgan fingerprint density at radius 1 is 1.48 bits per heavy atom. The zero-order valence-electron chi connectivity index (χ0n) is 12.4. The van der Waals surface area contributed by atoms with Crippen LogP contribution in [0.4, 0.5) is 0 Å². The monoisotopic (exact) mass is 375 g/mol. The minimum Gasteiger partial charge on any atom is -0.388 e. The Balaban J connectivity index is 2.02. The third kappa shape index (κ3) is 4.52. The fourth-order valence-corrected chi connectivity index (χ4v) is 4.04. The van der Waals surface area contributed by atoms with Crippen molar-refractivity contribution in [1.82, 2.24) is 4.31 Å². The van der Waals surface area contributed by atoms with Gasteiger partial charge >= 0.3 is 0 Å². The highest BCUT2D eigenvalue weighted by atomic mass is 79.9. The molecule has 2 rings (SSSR count). The quantitative estimate of drug-likeness (QED) is 0.879. The van der Waals surface area contributed by atoms with E-state index in [0.29, 0.717) is 19.5 Å². The summed E-state index contributed by atoms with van der Waals surface area (Å²) in [5.41, 5.74) is 1.99. The number of benzene rings is 1. The van der Waals surface area contributed by atoms with Crippen LogP contribution in [-0.2, 0) is 10.0 Å². The number of sulfonamides is 1. The molecule has 1 fully saturated rings. The van der Waals surface area contributed by atoms with Gasteiger partial charge in [0.15, 0.2) is 0 Å². The van der Waals surface area contributed by atoms with E-state index in [9.17, 15) is 13.5 Å². The van der Waals surface area contributed by atoms with E-state index in [4.69, 9.17) is 0 Å². The van der Waals surface area contributed by atoms with E-state index in [1.807, 2.05) is 25.1 Å². The molecule has 21 heavy (non-hydrogen) atoms. The minimum atomic E-state index is -3.13. The molecule has 0 aliphatic carbocycles. The average molecular weight is 376 g/mol. The number of halogens is 1. The van der Waals surface area contributed by atoms with Crippen molar-refractivity contribution >= 4 is 26.0 Å². The summed E-state index contributed by atoms with van der Waals surface area (Å²) in [7, 11) is -3.13. The van der Waals surface area contributed by atoms with Crippen LogP contribution in [0.15, 0.2) is 22.7 Å². The van der Waals surface area contributed by atoms with Gasteiger partial charge in [-0.2, -0.15) is 0 Å². The standard InChI is InChI=1S/C15H22BrNO3S/c1-11-8-13(5-6-14(11)16)15(18)9-12-4-3-7-17(10-12)21(2,19)20/h5-6,8,12,15,18H,3-4,7,9-10H2,1-2H3. The molecule has 0 radical (unpaired) electrons. The maximum Gasteiger partial charge on any atom is 0.211 e. The van der Waals surface area contributed by atoms with Crippen LogP contribution in [0.1, 0.15) is 36.5 Å². The SMILES string of the molecule is Cc1cc(C(O)CC2CCCN(S(C)(=O)=O)C2)ccc1Br. The number of piperidine rings is 1. The largest absolute Gasteiger partial charge is 0.388 e. The maximum atomic E-state index is 11.6. The van der Waals surface area contributed by atoms with Gasteiger partial charge in [-0.05, 0) is 49.3 Å². The van der Waals surface area contributed by atoms with E-state index in [-0.39, 0.29) is 5.92 Å². The van der Waals surface area contributed by atoms with Crippen molar-refractivity contribution in [3.05, 3.63) is 33.8 Å². The topological polar surface area (TPSA) is 57.6 Å². The van der Waals surface area contributed by atoms with Crippen molar-refractivity contribution in [2.45, 2.75) is 32.3 Å². The second-order valence-corrected chi connectivity index (χ2v) is 8.73. The fourth-order valence-electron chi connectivity index (χ4n) is 2.85. The molecule has 1 heterocycles. The lowest BCUT2D eigenvalue weighted by Crippen LogP contribution is -2.39. The summed E-state index contributed by atoms with van der Waals surface area (Å²) >= 11 is 3.45. The zero-order chi connectivity index (χ0) is 15.6. The Bertz CT molecular complexity index is 603. The number of rotatable bonds is 4. The number of aliphatic hydroxyl groups is 1. The molecule has 6 heteroatoms. The van der Waals surface area contributed by atoms with E-state index in [2.05, 4.69) is 15.9 Å². The summed E-state index contributed by atoms with van der Waals surface area (Å²) in [6.45, 7) is 3.11. The van der Waals surface area contributed by atoms with Gasteiger partial charge in [0, 0.05) is 17.6 Å². The molecule has 1 N–H and O–H groups in total. The van der Waals surface area contributed by atoms with Gasteiger partial charge in [0.25, 0.3) is 0 Å². The predicted octanol–water partition coefficient (Wildman–Crippen LogP) is 2.85. The lowest BCUT2D eigenvalue weighted by molar-refractivity contribution is 0.123. The van der Waals surface area contributed by atoms with Crippen LogP contribution < -0.4 is 0 Å². The molecule has 1 aliphatic rings. The summed E-state index contributed by atoms with van der Waals surface area (Å²) in [5, 5.41) is 10.4. The third-order valence-electron chi connectivity index (χ3n) is 4.07. The van der Waals surface area contributed by atoms with Crippen molar-refractivity contribution < 1.29 is 13.5 Å². The maximum absolute atomic E-state index is 11.6. The van der Waals surface area contributed by atoms with E-state index < -0.39 is 16.1 Å². The molecule has 1 aromatic rings. The molecule has 1 saturated heterocycles. The van der Waals surface area contributed by atoms with Crippen molar-refractivity contribution in [2.24, 2.45) is 5.92 Å². The first-order valence-electron chi connectivity index (χ1n) is 7.16. The molecule has 2 unspecified atom stereocenters. The van der Waals surface area contributed by atoms with Gasteiger partial charge in [-0.1, -0.05) is 28.1 Å². The number of hydrogen-bond acceptors (Lipinski definition) is 3. The third-order valence-corrected chi connectivity index (χ3v) is 6.23. The van der Waals surface area contributed by atoms with Crippen molar-refractivity contribution in [3.63, 3.8) is 0 Å². The molecular formula is C15H22BrNO3S. The summed E-state index contributed by atoms with van der Waals surface area (Å²) < 4.78 is 25.8. The lowest BCUT2D eigenvalue weighted by atomic mass is 9.90. The van der Waals surface area contributed by atoms with Gasteiger partial charge in [0.2, 0.25) is 10.0 Å². The Kier molecular flexibility index (Phi) is 5.46. The van der Waals surface area contributed by atoms with Gasteiger partial charge in [-0.15, -0.1) is 0 Å². The van der Waals surface area contributed by atoms with Crippen LogP contribution in [-0.4, -0.2) is 37.2 Å². The van der Waals surface area contributed by atoms with Gasteiger partial charge in [-0.25, -0.2) is 12.7 Å². The van der Waals surface area contributed by atoms with Gasteiger partial charge in [0.1, 0.15) is 0 Å². The highest BCUT2D eigenvalue weighted by Crippen LogP contribution is 2.30. The number of aliphatic hydroxyl groups excluding tert-OH is 1. The van der Waals surface area contributed by atoms with Crippen molar-refractivity contribution in [2.75, 3.05) is 19.3 Å². The molecule has 1 aliphatic heterocycles. The molecule has 1 aromatic carbocycles. The minimum absolute atomic E-state index is 0.215. The van der Waals surface area contributed by atoms with Gasteiger partial charge in [-0.3, -0.25) is 0 Å². The van der Waals surface area contributed by atoms with Gasteiger partial charge < -0.3 is 5.11 Å². The van der Waals surface area contributed by atoms with Gasteiger partial charge in [0.05, 0.1) is 12.4 Å². The number of hydrogen-bond donors (Lipinski definition) is 1. The molecule has 4 nitrogen and oxygen atoms in total. The second kappa shape index (κ2) is 6.77. The molecule has 118 valence electrons. The van der Waals surface area contributed by atoms with Crippen molar-refractivity contribution in [1.29, 1.82) is 0 Å². The molecule has 0 bridgehead atoms. The van der Waals surface area contributed by atoms with E-state index in [0.717, 1.165) is 28.4 Å². The van der Waals surface area contributed by atoms with Crippen LogP contribution in [0.3, 0.4) is 0 Å². The second-order valence-electron chi connectivity index (χ2n) is 5.89. The first kappa shape index (κ1) is 16.9. The molecular weight excluding hydrogens is 354 g/mol. The molecule has 0 aromatic heterocycles.